The Labute approximate surface area is 173 Å². The van der Waals surface area contributed by atoms with E-state index in [0.717, 1.165) is 22.4 Å². The Kier molecular flexibility index (Phi) is 6.45. The van der Waals surface area contributed by atoms with Crippen molar-refractivity contribution in [3.05, 3.63) is 93.0 Å². The number of halogens is 2. The highest BCUT2D eigenvalue weighted by molar-refractivity contribution is 6.30. The molecule has 0 aromatic heterocycles. The normalized spacial score (nSPS) is 10.5. The number of hydrogen-bond acceptors (Lipinski definition) is 3. The van der Waals surface area contributed by atoms with Crippen LogP contribution in [0.15, 0.2) is 60.7 Å². The fourth-order valence-electron chi connectivity index (χ4n) is 2.70. The molecule has 28 heavy (non-hydrogen) atoms. The number of hydrogen-bond donors (Lipinski definition) is 2. The molecule has 3 aromatic carbocycles. The minimum atomic E-state index is -0.960. The summed E-state index contributed by atoms with van der Waals surface area (Å²) in [6.07, 6.45) is 0. The van der Waals surface area contributed by atoms with Crippen molar-refractivity contribution in [3.63, 3.8) is 0 Å². The first-order valence-electron chi connectivity index (χ1n) is 8.66. The maximum absolute atomic E-state index is 11.2. The molecule has 0 heterocycles. The summed E-state index contributed by atoms with van der Waals surface area (Å²) in [6, 6.07) is 17.9. The van der Waals surface area contributed by atoms with Crippen molar-refractivity contribution < 1.29 is 14.6 Å². The van der Waals surface area contributed by atoms with Gasteiger partial charge < -0.3 is 15.2 Å². The zero-order valence-corrected chi connectivity index (χ0v) is 16.7. The van der Waals surface area contributed by atoms with E-state index in [9.17, 15) is 9.90 Å². The summed E-state index contributed by atoms with van der Waals surface area (Å²) in [4.78, 5) is 11.2. The summed E-state index contributed by atoms with van der Waals surface area (Å²) < 4.78 is 5.96. The van der Waals surface area contributed by atoms with Crippen LogP contribution in [0.2, 0.25) is 10.0 Å². The van der Waals surface area contributed by atoms with Crippen molar-refractivity contribution in [3.8, 4) is 5.75 Å². The Bertz CT molecular complexity index is 988. The molecule has 0 fully saturated rings. The standard InChI is InChI=1S/C22H19Cl2NO3/c1-14-2-5-16(22(26)27)11-20(14)25-12-17-10-19(24)8-9-21(17)28-13-15-3-6-18(23)7-4-15/h2-11,25H,12-13H2,1H3,(H,26,27). The van der Waals surface area contributed by atoms with Gasteiger partial charge in [-0.25, -0.2) is 4.79 Å². The predicted molar refractivity (Wildman–Crippen MR) is 113 cm³/mol. The molecule has 0 aliphatic heterocycles. The molecule has 6 heteroatoms. The predicted octanol–water partition coefficient (Wildman–Crippen LogP) is 6.19. The monoisotopic (exact) mass is 415 g/mol. The highest BCUT2D eigenvalue weighted by Crippen LogP contribution is 2.26. The number of benzene rings is 3. The van der Waals surface area contributed by atoms with E-state index in [2.05, 4.69) is 5.32 Å². The van der Waals surface area contributed by atoms with E-state index in [1.54, 1.807) is 24.3 Å². The first-order chi connectivity index (χ1) is 13.4. The second-order valence-corrected chi connectivity index (χ2v) is 7.23. The lowest BCUT2D eigenvalue weighted by molar-refractivity contribution is 0.0697. The Hall–Kier alpha value is -2.69. The smallest absolute Gasteiger partial charge is 0.335 e. The fraction of sp³-hybridized carbons (Fsp3) is 0.136. The first-order valence-corrected chi connectivity index (χ1v) is 9.41. The van der Waals surface area contributed by atoms with Gasteiger partial charge in [-0.3, -0.25) is 0 Å². The van der Waals surface area contributed by atoms with Crippen molar-refractivity contribution in [2.24, 2.45) is 0 Å². The number of aryl methyl sites for hydroxylation is 1. The van der Waals surface area contributed by atoms with Gasteiger partial charge in [-0.05, 0) is 60.5 Å². The van der Waals surface area contributed by atoms with E-state index in [-0.39, 0.29) is 5.56 Å². The summed E-state index contributed by atoms with van der Waals surface area (Å²) in [6.45, 7) is 2.77. The van der Waals surface area contributed by atoms with E-state index in [4.69, 9.17) is 27.9 Å². The molecule has 0 saturated heterocycles. The first kappa shape index (κ1) is 20.1. The second kappa shape index (κ2) is 9.00. The molecule has 0 radical (unpaired) electrons. The molecule has 4 nitrogen and oxygen atoms in total. The van der Waals surface area contributed by atoms with Gasteiger partial charge in [-0.15, -0.1) is 0 Å². The number of nitrogens with one attached hydrogen (secondary N) is 1. The molecule has 0 amide bonds. The third-order valence-corrected chi connectivity index (χ3v) is 4.77. The average molecular weight is 416 g/mol. The van der Waals surface area contributed by atoms with Crippen LogP contribution >= 0.6 is 23.2 Å². The molecule has 2 N–H and O–H groups in total. The largest absolute Gasteiger partial charge is 0.489 e. The van der Waals surface area contributed by atoms with E-state index >= 15 is 0 Å². The van der Waals surface area contributed by atoms with Gasteiger partial charge in [-0.1, -0.05) is 41.4 Å². The van der Waals surface area contributed by atoms with Gasteiger partial charge in [-0.2, -0.15) is 0 Å². The summed E-state index contributed by atoms with van der Waals surface area (Å²) >= 11 is 12.1. The third-order valence-electron chi connectivity index (χ3n) is 4.28. The van der Waals surface area contributed by atoms with E-state index in [1.807, 2.05) is 43.3 Å². The molecule has 3 aromatic rings. The van der Waals surface area contributed by atoms with Crippen LogP contribution in [0, 0.1) is 6.92 Å². The molecule has 0 unspecified atom stereocenters. The maximum atomic E-state index is 11.2. The van der Waals surface area contributed by atoms with Crippen LogP contribution in [0.5, 0.6) is 5.75 Å². The van der Waals surface area contributed by atoms with Crippen molar-refractivity contribution in [2.75, 3.05) is 5.32 Å². The van der Waals surface area contributed by atoms with Gasteiger partial charge >= 0.3 is 5.97 Å². The quantitative estimate of drug-likeness (QED) is 0.482. The molecule has 0 aliphatic rings. The topological polar surface area (TPSA) is 58.6 Å². The SMILES string of the molecule is Cc1ccc(C(=O)O)cc1NCc1cc(Cl)ccc1OCc1ccc(Cl)cc1. The number of anilines is 1. The van der Waals surface area contributed by atoms with Crippen LogP contribution in [-0.4, -0.2) is 11.1 Å². The summed E-state index contributed by atoms with van der Waals surface area (Å²) in [5.74, 6) is -0.253. The van der Waals surface area contributed by atoms with Gasteiger partial charge in [0.2, 0.25) is 0 Å². The molecule has 3 rings (SSSR count). The van der Waals surface area contributed by atoms with Crippen molar-refractivity contribution in [1.82, 2.24) is 0 Å². The average Bonchev–Trinajstić information content (AvgIpc) is 2.67. The Morgan fingerprint density at radius 1 is 1.00 bits per heavy atom. The Morgan fingerprint density at radius 3 is 2.43 bits per heavy atom. The molecular formula is C22H19Cl2NO3. The van der Waals surface area contributed by atoms with Gasteiger partial charge in [0.15, 0.2) is 0 Å². The van der Waals surface area contributed by atoms with Crippen molar-refractivity contribution in [1.29, 1.82) is 0 Å². The third kappa shape index (κ3) is 5.18. The maximum Gasteiger partial charge on any atom is 0.335 e. The van der Waals surface area contributed by atoms with Gasteiger partial charge in [0.1, 0.15) is 12.4 Å². The molecule has 0 atom stereocenters. The lowest BCUT2D eigenvalue weighted by atomic mass is 10.1. The number of aromatic carboxylic acids is 1. The lowest BCUT2D eigenvalue weighted by Crippen LogP contribution is -2.06. The van der Waals surface area contributed by atoms with E-state index in [0.29, 0.717) is 28.9 Å². The van der Waals surface area contributed by atoms with Crippen LogP contribution in [0.3, 0.4) is 0 Å². The van der Waals surface area contributed by atoms with Crippen LogP contribution in [0.25, 0.3) is 0 Å². The molecule has 0 saturated carbocycles. The second-order valence-electron chi connectivity index (χ2n) is 6.36. The Morgan fingerprint density at radius 2 is 1.71 bits per heavy atom. The number of rotatable bonds is 7. The molecular weight excluding hydrogens is 397 g/mol. The Balaban J connectivity index is 1.75. The van der Waals surface area contributed by atoms with Crippen LogP contribution < -0.4 is 10.1 Å². The molecule has 0 bridgehead atoms. The molecule has 0 spiro atoms. The zero-order chi connectivity index (χ0) is 20.1. The number of carbonyl (C=O) groups is 1. The van der Waals surface area contributed by atoms with Gasteiger partial charge in [0.05, 0.1) is 5.56 Å². The number of ether oxygens (including phenoxy) is 1. The highest BCUT2D eigenvalue weighted by atomic mass is 35.5. The lowest BCUT2D eigenvalue weighted by Gasteiger charge is -2.15. The minimum Gasteiger partial charge on any atom is -0.489 e. The van der Waals surface area contributed by atoms with Crippen molar-refractivity contribution in [2.45, 2.75) is 20.1 Å². The summed E-state index contributed by atoms with van der Waals surface area (Å²) in [5, 5.41) is 13.7. The zero-order valence-electron chi connectivity index (χ0n) is 15.2. The number of carboxylic acid groups (broad SMARTS) is 1. The van der Waals surface area contributed by atoms with Crippen LogP contribution in [0.4, 0.5) is 5.69 Å². The van der Waals surface area contributed by atoms with E-state index < -0.39 is 5.97 Å². The number of carboxylic acids is 1. The van der Waals surface area contributed by atoms with Crippen LogP contribution in [0.1, 0.15) is 27.0 Å². The molecule has 0 aliphatic carbocycles. The molecule has 144 valence electrons. The highest BCUT2D eigenvalue weighted by Gasteiger charge is 2.09. The van der Waals surface area contributed by atoms with Gasteiger partial charge in [0, 0.05) is 27.8 Å². The van der Waals surface area contributed by atoms with Crippen LogP contribution in [-0.2, 0) is 13.2 Å². The van der Waals surface area contributed by atoms with Crippen molar-refractivity contribution >= 4 is 34.9 Å². The van der Waals surface area contributed by atoms with E-state index in [1.165, 1.54) is 0 Å². The minimum absolute atomic E-state index is 0.235. The summed E-state index contributed by atoms with van der Waals surface area (Å²) in [5.41, 5.74) is 3.82. The fourth-order valence-corrected chi connectivity index (χ4v) is 3.03. The summed E-state index contributed by atoms with van der Waals surface area (Å²) in [7, 11) is 0. The van der Waals surface area contributed by atoms with Gasteiger partial charge in [0.25, 0.3) is 0 Å².